The lowest BCUT2D eigenvalue weighted by Crippen LogP contribution is -2.07. The lowest BCUT2D eigenvalue weighted by Gasteiger charge is -2.14. The Morgan fingerprint density at radius 2 is 2.18 bits per heavy atom. The van der Waals surface area contributed by atoms with Gasteiger partial charge >= 0.3 is 0 Å². The van der Waals surface area contributed by atoms with E-state index in [0.717, 1.165) is 42.2 Å². The van der Waals surface area contributed by atoms with E-state index in [4.69, 9.17) is 20.9 Å². The van der Waals surface area contributed by atoms with E-state index in [0.29, 0.717) is 18.2 Å². The largest absolute Gasteiger partial charge is 0.491 e. The molecule has 0 amide bonds. The van der Waals surface area contributed by atoms with Gasteiger partial charge in [0.05, 0.1) is 18.8 Å². The SMILES string of the molecule is CCCOc1ccc(Cl)cc1NCc1noc2c1CCCC2. The van der Waals surface area contributed by atoms with E-state index in [2.05, 4.69) is 17.4 Å². The van der Waals surface area contributed by atoms with Crippen molar-refractivity contribution >= 4 is 17.3 Å². The molecular weight excluding hydrogens is 300 g/mol. The van der Waals surface area contributed by atoms with Crippen LogP contribution in [0.2, 0.25) is 5.02 Å². The number of hydrogen-bond donors (Lipinski definition) is 1. The van der Waals surface area contributed by atoms with E-state index in [-0.39, 0.29) is 0 Å². The highest BCUT2D eigenvalue weighted by molar-refractivity contribution is 6.30. The van der Waals surface area contributed by atoms with Gasteiger partial charge in [-0.15, -0.1) is 0 Å². The van der Waals surface area contributed by atoms with Gasteiger partial charge in [-0.2, -0.15) is 0 Å². The van der Waals surface area contributed by atoms with Crippen LogP contribution in [0.5, 0.6) is 5.75 Å². The minimum atomic E-state index is 0.627. The average Bonchev–Trinajstić information content (AvgIpc) is 2.95. The Labute approximate surface area is 135 Å². The molecule has 3 rings (SSSR count). The zero-order valence-electron chi connectivity index (χ0n) is 12.8. The van der Waals surface area contributed by atoms with E-state index in [1.54, 1.807) is 0 Å². The molecule has 0 bridgehead atoms. The van der Waals surface area contributed by atoms with Crippen molar-refractivity contribution in [2.45, 2.75) is 45.6 Å². The fourth-order valence-electron chi connectivity index (χ4n) is 2.75. The van der Waals surface area contributed by atoms with Crippen molar-refractivity contribution in [3.8, 4) is 5.75 Å². The van der Waals surface area contributed by atoms with Crippen molar-refractivity contribution in [3.63, 3.8) is 0 Å². The van der Waals surface area contributed by atoms with Crippen LogP contribution in [0.1, 0.15) is 43.2 Å². The van der Waals surface area contributed by atoms with Gasteiger partial charge in [-0.3, -0.25) is 0 Å². The number of nitrogens with zero attached hydrogens (tertiary/aromatic N) is 1. The van der Waals surface area contributed by atoms with Crippen LogP contribution in [-0.2, 0) is 19.4 Å². The van der Waals surface area contributed by atoms with E-state index < -0.39 is 0 Å². The number of nitrogens with one attached hydrogen (secondary N) is 1. The highest BCUT2D eigenvalue weighted by Gasteiger charge is 2.19. The Kier molecular flexibility index (Phi) is 4.88. The minimum Gasteiger partial charge on any atom is -0.491 e. The lowest BCUT2D eigenvalue weighted by atomic mass is 9.96. The van der Waals surface area contributed by atoms with E-state index in [9.17, 15) is 0 Å². The molecule has 0 aliphatic heterocycles. The first-order valence-corrected chi connectivity index (χ1v) is 8.28. The number of halogens is 1. The number of rotatable bonds is 6. The molecule has 1 aliphatic rings. The Morgan fingerprint density at radius 1 is 1.32 bits per heavy atom. The molecule has 0 radical (unpaired) electrons. The van der Waals surface area contributed by atoms with Crippen molar-refractivity contribution in [2.24, 2.45) is 0 Å². The minimum absolute atomic E-state index is 0.627. The molecule has 22 heavy (non-hydrogen) atoms. The van der Waals surface area contributed by atoms with E-state index >= 15 is 0 Å². The standard InChI is InChI=1S/C17H21ClN2O2/c1-2-9-21-17-8-7-12(18)10-14(17)19-11-15-13-5-3-4-6-16(13)22-20-15/h7-8,10,19H,2-6,9,11H2,1H3. The predicted octanol–water partition coefficient (Wildman–Crippen LogP) is 4.61. The Hall–Kier alpha value is -1.68. The van der Waals surface area contributed by atoms with Crippen LogP contribution in [0.3, 0.4) is 0 Å². The van der Waals surface area contributed by atoms with Crippen LogP contribution in [0, 0.1) is 0 Å². The Bertz CT molecular complexity index is 640. The van der Waals surface area contributed by atoms with E-state index in [1.165, 1.54) is 18.4 Å². The second-order valence-electron chi connectivity index (χ2n) is 5.58. The summed E-state index contributed by atoms with van der Waals surface area (Å²) in [7, 11) is 0. The topological polar surface area (TPSA) is 47.3 Å². The van der Waals surface area contributed by atoms with Gasteiger partial charge in [-0.1, -0.05) is 23.7 Å². The molecule has 5 heteroatoms. The maximum absolute atomic E-state index is 6.10. The molecule has 2 aromatic rings. The fourth-order valence-corrected chi connectivity index (χ4v) is 2.92. The summed E-state index contributed by atoms with van der Waals surface area (Å²) < 4.78 is 11.2. The average molecular weight is 321 g/mol. The van der Waals surface area contributed by atoms with Gasteiger partial charge in [0.25, 0.3) is 0 Å². The maximum atomic E-state index is 6.10. The summed E-state index contributed by atoms with van der Waals surface area (Å²) in [6.07, 6.45) is 5.44. The predicted molar refractivity (Wildman–Crippen MR) is 87.7 cm³/mol. The molecule has 1 heterocycles. The van der Waals surface area contributed by atoms with Gasteiger partial charge < -0.3 is 14.6 Å². The first-order valence-electron chi connectivity index (χ1n) is 7.90. The molecule has 4 nitrogen and oxygen atoms in total. The Balaban J connectivity index is 1.73. The fraction of sp³-hybridized carbons (Fsp3) is 0.471. The smallest absolute Gasteiger partial charge is 0.142 e. The van der Waals surface area contributed by atoms with Gasteiger partial charge in [-0.05, 0) is 43.9 Å². The summed E-state index contributed by atoms with van der Waals surface area (Å²) in [5.41, 5.74) is 3.17. The van der Waals surface area contributed by atoms with Crippen molar-refractivity contribution in [3.05, 3.63) is 40.2 Å². The molecular formula is C17H21ClN2O2. The first kappa shape index (κ1) is 15.2. The second kappa shape index (κ2) is 7.05. The lowest BCUT2D eigenvalue weighted by molar-refractivity contribution is 0.319. The maximum Gasteiger partial charge on any atom is 0.142 e. The number of hydrogen-bond acceptors (Lipinski definition) is 4. The molecule has 0 atom stereocenters. The van der Waals surface area contributed by atoms with Crippen molar-refractivity contribution < 1.29 is 9.26 Å². The summed E-state index contributed by atoms with van der Waals surface area (Å²) >= 11 is 6.10. The van der Waals surface area contributed by atoms with Crippen LogP contribution in [0.25, 0.3) is 0 Å². The number of benzene rings is 1. The van der Waals surface area contributed by atoms with Gasteiger partial charge in [0.2, 0.25) is 0 Å². The van der Waals surface area contributed by atoms with Crippen LogP contribution >= 0.6 is 11.6 Å². The molecule has 1 aliphatic carbocycles. The Morgan fingerprint density at radius 3 is 3.05 bits per heavy atom. The van der Waals surface area contributed by atoms with E-state index in [1.807, 2.05) is 18.2 Å². The molecule has 0 fully saturated rings. The molecule has 1 aromatic heterocycles. The van der Waals surface area contributed by atoms with Crippen molar-refractivity contribution in [2.75, 3.05) is 11.9 Å². The number of ether oxygens (including phenoxy) is 1. The first-order chi connectivity index (χ1) is 10.8. The highest BCUT2D eigenvalue weighted by Crippen LogP contribution is 2.30. The van der Waals surface area contributed by atoms with Gasteiger partial charge in [-0.25, -0.2) is 0 Å². The monoisotopic (exact) mass is 320 g/mol. The summed E-state index contributed by atoms with van der Waals surface area (Å²) in [5, 5.41) is 8.29. The third kappa shape index (κ3) is 3.38. The summed E-state index contributed by atoms with van der Waals surface area (Å²) in [6.45, 7) is 3.40. The zero-order chi connectivity index (χ0) is 15.4. The quantitative estimate of drug-likeness (QED) is 0.844. The molecule has 118 valence electrons. The highest BCUT2D eigenvalue weighted by atomic mass is 35.5. The van der Waals surface area contributed by atoms with Gasteiger partial charge in [0, 0.05) is 17.0 Å². The molecule has 1 N–H and O–H groups in total. The second-order valence-corrected chi connectivity index (χ2v) is 6.02. The molecule has 0 spiro atoms. The van der Waals surface area contributed by atoms with Crippen molar-refractivity contribution in [1.29, 1.82) is 0 Å². The number of aromatic nitrogens is 1. The van der Waals surface area contributed by atoms with Gasteiger partial charge in [0.1, 0.15) is 17.2 Å². The normalized spacial score (nSPS) is 13.7. The number of aryl methyl sites for hydroxylation is 1. The van der Waals surface area contributed by atoms with Crippen LogP contribution in [-0.4, -0.2) is 11.8 Å². The molecule has 0 saturated carbocycles. The third-order valence-corrected chi connectivity index (χ3v) is 4.12. The number of anilines is 1. The summed E-state index contributed by atoms with van der Waals surface area (Å²) in [5.74, 6) is 1.88. The zero-order valence-corrected chi connectivity index (χ0v) is 13.6. The molecule has 0 saturated heterocycles. The molecule has 0 unspecified atom stereocenters. The molecule has 1 aromatic carbocycles. The van der Waals surface area contributed by atoms with Gasteiger partial charge in [0.15, 0.2) is 0 Å². The van der Waals surface area contributed by atoms with Crippen LogP contribution in [0.4, 0.5) is 5.69 Å². The van der Waals surface area contributed by atoms with Crippen molar-refractivity contribution in [1.82, 2.24) is 5.16 Å². The van der Waals surface area contributed by atoms with Crippen LogP contribution < -0.4 is 10.1 Å². The summed E-state index contributed by atoms with van der Waals surface area (Å²) in [6, 6.07) is 5.63. The van der Waals surface area contributed by atoms with Crippen LogP contribution in [0.15, 0.2) is 22.7 Å². The third-order valence-electron chi connectivity index (χ3n) is 3.88. The summed E-state index contributed by atoms with van der Waals surface area (Å²) in [4.78, 5) is 0. The number of fused-ring (bicyclic) bond motifs is 1.